The van der Waals surface area contributed by atoms with Crippen LogP contribution in [0.15, 0.2) is 22.7 Å². The van der Waals surface area contributed by atoms with Gasteiger partial charge in [0.05, 0.1) is 11.7 Å². The molecule has 4 nitrogen and oxygen atoms in total. The number of hydrogen-bond acceptors (Lipinski definition) is 2. The molecule has 1 atom stereocenters. The first-order valence-electron chi connectivity index (χ1n) is 6.49. The van der Waals surface area contributed by atoms with Gasteiger partial charge in [0.1, 0.15) is 0 Å². The molecule has 1 unspecified atom stereocenters. The van der Waals surface area contributed by atoms with E-state index in [9.17, 15) is 4.79 Å². The van der Waals surface area contributed by atoms with E-state index < -0.39 is 0 Å². The number of anilines is 1. The molecule has 0 aliphatic carbocycles. The van der Waals surface area contributed by atoms with Gasteiger partial charge in [-0.05, 0) is 60.6 Å². The quantitative estimate of drug-likeness (QED) is 0.923. The first kappa shape index (κ1) is 14.3. The molecule has 1 aromatic carbocycles. The molecule has 19 heavy (non-hydrogen) atoms. The average molecular weight is 326 g/mol. The summed E-state index contributed by atoms with van der Waals surface area (Å²) in [4.78, 5) is 16.0. The molecule has 1 aliphatic heterocycles. The average Bonchev–Trinajstić information content (AvgIpc) is 2.64. The van der Waals surface area contributed by atoms with Crippen molar-refractivity contribution in [1.82, 2.24) is 10.2 Å². The minimum Gasteiger partial charge on any atom is -0.323 e. The molecule has 1 saturated heterocycles. The Hall–Kier alpha value is -1.07. The maximum absolute atomic E-state index is 12.3. The Morgan fingerprint density at radius 2 is 2.21 bits per heavy atom. The number of benzene rings is 1. The number of nitrogens with zero attached hydrogens (tertiary/aromatic N) is 2. The number of likely N-dealkylation sites (N-methyl/N-ethyl adjacent to an activating group) is 1. The summed E-state index contributed by atoms with van der Waals surface area (Å²) in [5.74, 6) is 0. The summed E-state index contributed by atoms with van der Waals surface area (Å²) >= 11 is 3.55. The summed E-state index contributed by atoms with van der Waals surface area (Å²) < 4.78 is 0.975. The van der Waals surface area contributed by atoms with Crippen molar-refractivity contribution in [2.75, 3.05) is 32.1 Å². The van der Waals surface area contributed by atoms with E-state index in [0.29, 0.717) is 0 Å². The summed E-state index contributed by atoms with van der Waals surface area (Å²) in [7, 11) is 3.82. The van der Waals surface area contributed by atoms with Crippen LogP contribution in [0.2, 0.25) is 0 Å². The lowest BCUT2D eigenvalue weighted by Gasteiger charge is -2.18. The van der Waals surface area contributed by atoms with Crippen LogP contribution in [0.1, 0.15) is 12.0 Å². The van der Waals surface area contributed by atoms with Crippen molar-refractivity contribution in [2.24, 2.45) is 0 Å². The molecule has 1 fully saturated rings. The normalized spacial score (nSPS) is 19.4. The van der Waals surface area contributed by atoms with Gasteiger partial charge in [-0.15, -0.1) is 0 Å². The van der Waals surface area contributed by atoms with Gasteiger partial charge in [-0.2, -0.15) is 0 Å². The topological polar surface area (TPSA) is 35.6 Å². The van der Waals surface area contributed by atoms with Crippen molar-refractivity contribution >= 4 is 27.6 Å². The third kappa shape index (κ3) is 2.92. The highest BCUT2D eigenvalue weighted by atomic mass is 79.9. The second-order valence-electron chi connectivity index (χ2n) is 5.01. The summed E-state index contributed by atoms with van der Waals surface area (Å²) in [6.45, 7) is 3.71. The Kier molecular flexibility index (Phi) is 4.47. The highest BCUT2D eigenvalue weighted by Crippen LogP contribution is 2.31. The van der Waals surface area contributed by atoms with E-state index in [1.54, 1.807) is 0 Å². The molecule has 2 amide bonds. The molecule has 0 saturated carbocycles. The van der Waals surface area contributed by atoms with Crippen LogP contribution in [0, 0.1) is 6.92 Å². The van der Waals surface area contributed by atoms with Crippen molar-refractivity contribution in [1.29, 1.82) is 0 Å². The Labute approximate surface area is 122 Å². The molecule has 0 aromatic heterocycles. The van der Waals surface area contributed by atoms with Gasteiger partial charge in [0.15, 0.2) is 0 Å². The molecular formula is C14H20BrN3O. The monoisotopic (exact) mass is 325 g/mol. The third-order valence-corrected chi connectivity index (χ3v) is 4.23. The Bertz CT molecular complexity index is 478. The summed E-state index contributed by atoms with van der Waals surface area (Å²) in [6.07, 6.45) is 0.971. The van der Waals surface area contributed by atoms with E-state index in [0.717, 1.165) is 29.7 Å². The van der Waals surface area contributed by atoms with Gasteiger partial charge in [0, 0.05) is 18.1 Å². The number of aryl methyl sites for hydroxylation is 1. The minimum absolute atomic E-state index is 0.0747. The van der Waals surface area contributed by atoms with E-state index in [1.807, 2.05) is 49.0 Å². The fourth-order valence-electron chi connectivity index (χ4n) is 2.39. The number of hydrogen-bond donors (Lipinski definition) is 1. The number of nitrogens with one attached hydrogen (secondary N) is 1. The SMILES string of the molecule is CNCCC1CN(c2ccc(C)cc2Br)C(=O)N1C. The second-order valence-corrected chi connectivity index (χ2v) is 5.86. The molecule has 1 heterocycles. The third-order valence-electron chi connectivity index (χ3n) is 3.60. The Morgan fingerprint density at radius 1 is 1.47 bits per heavy atom. The van der Waals surface area contributed by atoms with Crippen molar-refractivity contribution in [3.63, 3.8) is 0 Å². The van der Waals surface area contributed by atoms with E-state index >= 15 is 0 Å². The molecule has 1 aromatic rings. The van der Waals surface area contributed by atoms with Crippen molar-refractivity contribution in [2.45, 2.75) is 19.4 Å². The van der Waals surface area contributed by atoms with Crippen molar-refractivity contribution in [3.05, 3.63) is 28.2 Å². The van der Waals surface area contributed by atoms with Crippen LogP contribution in [0.5, 0.6) is 0 Å². The molecule has 0 spiro atoms. The van der Waals surface area contributed by atoms with Gasteiger partial charge in [0.25, 0.3) is 0 Å². The smallest absolute Gasteiger partial charge is 0.323 e. The van der Waals surface area contributed by atoms with E-state index in [-0.39, 0.29) is 12.1 Å². The molecule has 1 N–H and O–H groups in total. The van der Waals surface area contributed by atoms with Gasteiger partial charge < -0.3 is 10.2 Å². The lowest BCUT2D eigenvalue weighted by Crippen LogP contribution is -2.32. The standard InChI is InChI=1S/C14H20BrN3O/c1-10-4-5-13(12(15)8-10)18-9-11(6-7-16-2)17(3)14(18)19/h4-5,8,11,16H,6-7,9H2,1-3H3. The van der Waals surface area contributed by atoms with Gasteiger partial charge in [-0.3, -0.25) is 4.90 Å². The largest absolute Gasteiger partial charge is 0.324 e. The predicted octanol–water partition coefficient (Wildman–Crippen LogP) is 2.61. The maximum atomic E-state index is 12.3. The van der Waals surface area contributed by atoms with Gasteiger partial charge in [-0.1, -0.05) is 6.07 Å². The summed E-state index contributed by atoms with van der Waals surface area (Å²) in [6, 6.07) is 6.43. The number of urea groups is 1. The minimum atomic E-state index is 0.0747. The fraction of sp³-hybridized carbons (Fsp3) is 0.500. The van der Waals surface area contributed by atoms with E-state index in [4.69, 9.17) is 0 Å². The molecule has 0 bridgehead atoms. The van der Waals surface area contributed by atoms with Crippen LogP contribution < -0.4 is 10.2 Å². The highest BCUT2D eigenvalue weighted by Gasteiger charge is 2.35. The molecule has 0 radical (unpaired) electrons. The van der Waals surface area contributed by atoms with Gasteiger partial charge in [-0.25, -0.2) is 4.79 Å². The molecular weight excluding hydrogens is 306 g/mol. The van der Waals surface area contributed by atoms with Crippen LogP contribution in [-0.2, 0) is 0 Å². The second kappa shape index (κ2) is 5.92. The Balaban J connectivity index is 2.19. The van der Waals surface area contributed by atoms with E-state index in [1.165, 1.54) is 5.56 Å². The van der Waals surface area contributed by atoms with Crippen LogP contribution in [0.25, 0.3) is 0 Å². The summed E-state index contributed by atoms with van der Waals surface area (Å²) in [5.41, 5.74) is 2.14. The van der Waals surface area contributed by atoms with E-state index in [2.05, 4.69) is 21.2 Å². The highest BCUT2D eigenvalue weighted by molar-refractivity contribution is 9.10. The zero-order chi connectivity index (χ0) is 14.0. The van der Waals surface area contributed by atoms with Crippen molar-refractivity contribution < 1.29 is 4.79 Å². The number of carbonyl (C=O) groups is 1. The van der Waals surface area contributed by atoms with Crippen LogP contribution in [-0.4, -0.2) is 44.2 Å². The predicted molar refractivity (Wildman–Crippen MR) is 81.7 cm³/mol. The van der Waals surface area contributed by atoms with Crippen LogP contribution in [0.4, 0.5) is 10.5 Å². The maximum Gasteiger partial charge on any atom is 0.324 e. The molecule has 104 valence electrons. The first-order chi connectivity index (χ1) is 9.04. The number of amides is 2. The molecule has 5 heteroatoms. The number of carbonyl (C=O) groups excluding carboxylic acids is 1. The Morgan fingerprint density at radius 3 is 2.84 bits per heavy atom. The van der Waals surface area contributed by atoms with Crippen molar-refractivity contribution in [3.8, 4) is 0 Å². The lowest BCUT2D eigenvalue weighted by atomic mass is 10.2. The molecule has 2 rings (SSSR count). The number of rotatable bonds is 4. The van der Waals surface area contributed by atoms with Gasteiger partial charge in [0.2, 0.25) is 0 Å². The zero-order valence-electron chi connectivity index (χ0n) is 11.6. The van der Waals surface area contributed by atoms with Gasteiger partial charge >= 0.3 is 6.03 Å². The number of halogens is 1. The lowest BCUT2D eigenvalue weighted by molar-refractivity contribution is 0.217. The summed E-state index contributed by atoms with van der Waals surface area (Å²) in [5, 5.41) is 3.14. The fourth-order valence-corrected chi connectivity index (χ4v) is 3.09. The van der Waals surface area contributed by atoms with Crippen LogP contribution in [0.3, 0.4) is 0 Å². The zero-order valence-corrected chi connectivity index (χ0v) is 13.2. The molecule has 1 aliphatic rings. The first-order valence-corrected chi connectivity index (χ1v) is 7.29. The van der Waals surface area contributed by atoms with Crippen LogP contribution >= 0.6 is 15.9 Å².